The molecule has 0 unspecified atom stereocenters. The van der Waals surface area contributed by atoms with Gasteiger partial charge in [0.05, 0.1) is 5.92 Å². The Morgan fingerprint density at radius 1 is 1.14 bits per heavy atom. The van der Waals surface area contributed by atoms with Crippen molar-refractivity contribution in [1.29, 1.82) is 0 Å². The molecule has 114 valence electrons. The van der Waals surface area contributed by atoms with Gasteiger partial charge in [-0.1, -0.05) is 18.2 Å². The Labute approximate surface area is 125 Å². The van der Waals surface area contributed by atoms with E-state index in [0.29, 0.717) is 12.0 Å². The maximum absolute atomic E-state index is 13.9. The number of carbonyl (C=O) groups excluding carboxylic acids is 1. The van der Waals surface area contributed by atoms with Crippen LogP contribution >= 0.6 is 0 Å². The van der Waals surface area contributed by atoms with Gasteiger partial charge in [-0.2, -0.15) is 0 Å². The fraction of sp³-hybridized carbons (Fsp3) is 0.588. The number of benzene rings is 1. The second kappa shape index (κ2) is 6.14. The smallest absolute Gasteiger partial charge is 0.221 e. The third-order valence-electron chi connectivity index (χ3n) is 5.18. The lowest BCUT2D eigenvalue weighted by molar-refractivity contribution is -0.121. The topological polar surface area (TPSA) is 46.3 Å². The molecule has 3 rings (SSSR count). The van der Waals surface area contributed by atoms with Gasteiger partial charge in [-0.25, -0.2) is 4.39 Å². The predicted octanol–water partition coefficient (Wildman–Crippen LogP) is 2.66. The van der Waals surface area contributed by atoms with Gasteiger partial charge < -0.3 is 5.73 Å². The highest BCUT2D eigenvalue weighted by atomic mass is 19.1. The van der Waals surface area contributed by atoms with E-state index in [0.717, 1.165) is 50.8 Å². The highest BCUT2D eigenvalue weighted by Crippen LogP contribution is 2.37. The molecule has 2 fully saturated rings. The summed E-state index contributed by atoms with van der Waals surface area (Å²) in [5.41, 5.74) is 6.26. The number of nitrogens with two attached hydrogens (primary N) is 1. The van der Waals surface area contributed by atoms with Crippen LogP contribution in [0.4, 0.5) is 4.39 Å². The molecule has 1 heterocycles. The Bertz CT molecular complexity index is 511. The molecule has 2 N–H and O–H groups in total. The van der Waals surface area contributed by atoms with Gasteiger partial charge in [0, 0.05) is 12.6 Å². The van der Waals surface area contributed by atoms with Crippen LogP contribution in [0.3, 0.4) is 0 Å². The van der Waals surface area contributed by atoms with Gasteiger partial charge >= 0.3 is 0 Å². The summed E-state index contributed by atoms with van der Waals surface area (Å²) < 4.78 is 13.9. The SMILES string of the molecule is NC(=O)[C@@H]1CCN(C2CCC(c3ccccc3F)CC2)C1. The lowest BCUT2D eigenvalue weighted by atomic mass is 9.81. The summed E-state index contributed by atoms with van der Waals surface area (Å²) in [5.74, 6) is 0.125. The number of amides is 1. The number of primary amides is 1. The van der Waals surface area contributed by atoms with Crippen molar-refractivity contribution in [2.24, 2.45) is 11.7 Å². The molecule has 1 saturated heterocycles. The predicted molar refractivity (Wildman–Crippen MR) is 80.3 cm³/mol. The molecule has 1 aliphatic carbocycles. The highest BCUT2D eigenvalue weighted by Gasteiger charge is 2.33. The first-order valence-corrected chi connectivity index (χ1v) is 7.93. The lowest BCUT2D eigenvalue weighted by Crippen LogP contribution is -2.37. The lowest BCUT2D eigenvalue weighted by Gasteiger charge is -2.35. The standard InChI is InChI=1S/C17H23FN2O/c18-16-4-2-1-3-15(16)12-5-7-14(8-6-12)20-10-9-13(11-20)17(19)21/h1-4,12-14H,5-11H2,(H2,19,21)/t12?,13-,14?/m1/s1. The minimum Gasteiger partial charge on any atom is -0.369 e. The van der Waals surface area contributed by atoms with Crippen molar-refractivity contribution < 1.29 is 9.18 Å². The van der Waals surface area contributed by atoms with Gasteiger partial charge in [0.15, 0.2) is 0 Å². The van der Waals surface area contributed by atoms with Gasteiger partial charge in [0.2, 0.25) is 5.91 Å². The molecule has 0 radical (unpaired) electrons. The van der Waals surface area contributed by atoms with Crippen LogP contribution in [-0.2, 0) is 4.79 Å². The van der Waals surface area contributed by atoms with Crippen LogP contribution in [0.2, 0.25) is 0 Å². The number of hydrogen-bond acceptors (Lipinski definition) is 2. The molecule has 1 aromatic rings. The van der Waals surface area contributed by atoms with Crippen LogP contribution < -0.4 is 5.73 Å². The third-order valence-corrected chi connectivity index (χ3v) is 5.18. The molecule has 21 heavy (non-hydrogen) atoms. The average Bonchev–Trinajstić information content (AvgIpc) is 2.98. The molecule has 1 atom stereocenters. The minimum atomic E-state index is -0.169. The van der Waals surface area contributed by atoms with Crippen LogP contribution in [0.25, 0.3) is 0 Å². The number of rotatable bonds is 3. The van der Waals surface area contributed by atoms with E-state index in [2.05, 4.69) is 4.90 Å². The first kappa shape index (κ1) is 14.5. The summed E-state index contributed by atoms with van der Waals surface area (Å²) in [6.07, 6.45) is 5.13. The molecule has 1 aromatic carbocycles. The number of hydrogen-bond donors (Lipinski definition) is 1. The van der Waals surface area contributed by atoms with E-state index in [-0.39, 0.29) is 17.6 Å². The number of halogens is 1. The van der Waals surface area contributed by atoms with Crippen LogP contribution in [0.1, 0.15) is 43.6 Å². The first-order valence-electron chi connectivity index (χ1n) is 7.93. The first-order chi connectivity index (χ1) is 10.1. The molecular weight excluding hydrogens is 267 g/mol. The van der Waals surface area contributed by atoms with Gasteiger partial charge in [-0.15, -0.1) is 0 Å². The Morgan fingerprint density at radius 2 is 1.86 bits per heavy atom. The summed E-state index contributed by atoms with van der Waals surface area (Å²) in [7, 11) is 0. The van der Waals surface area contributed by atoms with Crippen molar-refractivity contribution in [2.75, 3.05) is 13.1 Å². The van der Waals surface area contributed by atoms with Crippen molar-refractivity contribution in [3.63, 3.8) is 0 Å². The maximum Gasteiger partial charge on any atom is 0.221 e. The van der Waals surface area contributed by atoms with Gasteiger partial charge in [-0.05, 0) is 56.2 Å². The molecule has 4 heteroatoms. The molecule has 1 saturated carbocycles. The molecule has 2 aliphatic rings. The third kappa shape index (κ3) is 3.10. The molecule has 1 aliphatic heterocycles. The van der Waals surface area contributed by atoms with Crippen LogP contribution in [0.15, 0.2) is 24.3 Å². The molecule has 0 aromatic heterocycles. The Morgan fingerprint density at radius 3 is 2.48 bits per heavy atom. The van der Waals surface area contributed by atoms with E-state index < -0.39 is 0 Å². The summed E-state index contributed by atoms with van der Waals surface area (Å²) in [5, 5.41) is 0. The fourth-order valence-corrected chi connectivity index (χ4v) is 3.91. The van der Waals surface area contributed by atoms with E-state index in [1.807, 2.05) is 12.1 Å². The normalized spacial score (nSPS) is 30.4. The Kier molecular flexibility index (Phi) is 4.24. The Hall–Kier alpha value is -1.42. The summed E-state index contributed by atoms with van der Waals surface area (Å²) in [6.45, 7) is 1.78. The van der Waals surface area contributed by atoms with Crippen molar-refractivity contribution >= 4 is 5.91 Å². The molecular formula is C17H23FN2O. The second-order valence-electron chi connectivity index (χ2n) is 6.41. The van der Waals surface area contributed by atoms with Crippen LogP contribution in [0, 0.1) is 11.7 Å². The number of carbonyl (C=O) groups is 1. The Balaban J connectivity index is 1.56. The quantitative estimate of drug-likeness (QED) is 0.930. The average molecular weight is 290 g/mol. The van der Waals surface area contributed by atoms with E-state index in [1.165, 1.54) is 0 Å². The van der Waals surface area contributed by atoms with Crippen LogP contribution in [-0.4, -0.2) is 29.9 Å². The number of nitrogens with zero attached hydrogens (tertiary/aromatic N) is 1. The van der Waals surface area contributed by atoms with E-state index in [9.17, 15) is 9.18 Å². The molecule has 1 amide bonds. The maximum atomic E-state index is 13.9. The zero-order valence-electron chi connectivity index (χ0n) is 12.3. The zero-order valence-corrected chi connectivity index (χ0v) is 12.3. The van der Waals surface area contributed by atoms with E-state index in [4.69, 9.17) is 5.73 Å². The largest absolute Gasteiger partial charge is 0.369 e. The van der Waals surface area contributed by atoms with Crippen molar-refractivity contribution in [2.45, 2.75) is 44.1 Å². The molecule has 3 nitrogen and oxygen atoms in total. The zero-order chi connectivity index (χ0) is 14.8. The molecule has 0 spiro atoms. The minimum absolute atomic E-state index is 0.0225. The fourth-order valence-electron chi connectivity index (χ4n) is 3.91. The monoisotopic (exact) mass is 290 g/mol. The summed E-state index contributed by atoms with van der Waals surface area (Å²) in [4.78, 5) is 13.7. The van der Waals surface area contributed by atoms with Crippen molar-refractivity contribution in [3.8, 4) is 0 Å². The summed E-state index contributed by atoms with van der Waals surface area (Å²) >= 11 is 0. The van der Waals surface area contributed by atoms with Gasteiger partial charge in [0.1, 0.15) is 5.82 Å². The second-order valence-corrected chi connectivity index (χ2v) is 6.41. The van der Waals surface area contributed by atoms with E-state index in [1.54, 1.807) is 12.1 Å². The van der Waals surface area contributed by atoms with Gasteiger partial charge in [0.25, 0.3) is 0 Å². The van der Waals surface area contributed by atoms with Gasteiger partial charge in [-0.3, -0.25) is 9.69 Å². The van der Waals surface area contributed by atoms with Crippen LogP contribution in [0.5, 0.6) is 0 Å². The number of likely N-dealkylation sites (tertiary alicyclic amines) is 1. The summed E-state index contributed by atoms with van der Waals surface area (Å²) in [6, 6.07) is 7.68. The highest BCUT2D eigenvalue weighted by molar-refractivity contribution is 5.77. The van der Waals surface area contributed by atoms with Crippen molar-refractivity contribution in [3.05, 3.63) is 35.6 Å². The molecule has 0 bridgehead atoms. The van der Waals surface area contributed by atoms with E-state index >= 15 is 0 Å². The van der Waals surface area contributed by atoms with Crippen molar-refractivity contribution in [1.82, 2.24) is 4.90 Å².